The molecule has 1 amide bonds. The van der Waals surface area contributed by atoms with Crippen molar-refractivity contribution in [1.29, 1.82) is 5.26 Å². The molecule has 0 bridgehead atoms. The molecule has 2 aromatic carbocycles. The molecule has 0 saturated carbocycles. The average Bonchev–Trinajstić information content (AvgIpc) is 2.68. The first kappa shape index (κ1) is 21.1. The fourth-order valence-electron chi connectivity index (χ4n) is 2.36. The molecule has 7 heteroatoms. The highest BCUT2D eigenvalue weighted by Crippen LogP contribution is 2.37. The molecular formula is C21H21ClN2O4. The van der Waals surface area contributed by atoms with Gasteiger partial charge >= 0.3 is 0 Å². The monoisotopic (exact) mass is 400 g/mol. The summed E-state index contributed by atoms with van der Waals surface area (Å²) >= 11 is 6.29. The Kier molecular flexibility index (Phi) is 7.30. The molecule has 0 spiro atoms. The van der Waals surface area contributed by atoms with Crippen LogP contribution < -0.4 is 19.5 Å². The van der Waals surface area contributed by atoms with Gasteiger partial charge in [0.15, 0.2) is 11.5 Å². The zero-order valence-electron chi connectivity index (χ0n) is 16.1. The number of benzene rings is 2. The van der Waals surface area contributed by atoms with Gasteiger partial charge in [-0.05, 0) is 61.9 Å². The molecule has 6 nitrogen and oxygen atoms in total. The molecule has 2 aromatic rings. The van der Waals surface area contributed by atoms with Crippen molar-refractivity contribution in [3.05, 3.63) is 52.6 Å². The van der Waals surface area contributed by atoms with Crippen LogP contribution in [-0.4, -0.2) is 26.2 Å². The van der Waals surface area contributed by atoms with Crippen molar-refractivity contribution in [3.8, 4) is 23.3 Å². The second-order valence-electron chi connectivity index (χ2n) is 6.05. The summed E-state index contributed by atoms with van der Waals surface area (Å²) in [6.45, 7) is 3.75. The maximum absolute atomic E-state index is 12.4. The van der Waals surface area contributed by atoms with E-state index in [2.05, 4.69) is 5.32 Å². The van der Waals surface area contributed by atoms with Gasteiger partial charge < -0.3 is 19.5 Å². The fourth-order valence-corrected chi connectivity index (χ4v) is 2.62. The number of anilines is 1. The van der Waals surface area contributed by atoms with E-state index in [1.165, 1.54) is 13.2 Å². The fraction of sp³-hybridized carbons (Fsp3) is 0.238. The van der Waals surface area contributed by atoms with E-state index in [4.69, 9.17) is 25.8 Å². The number of hydrogen-bond acceptors (Lipinski definition) is 5. The standard InChI is InChI=1S/C21H21ClN2O4/c1-13(2)28-20-18(22)10-14(11-19(20)27-4)9-15(12-23)21(25)24-16-5-7-17(26-3)8-6-16/h5-11,13H,1-4H3,(H,24,25). The molecule has 1 N–H and O–H groups in total. The molecule has 0 fully saturated rings. The maximum atomic E-state index is 12.4. The van der Waals surface area contributed by atoms with E-state index in [1.54, 1.807) is 43.5 Å². The molecule has 0 saturated heterocycles. The van der Waals surface area contributed by atoms with Crippen LogP contribution >= 0.6 is 11.6 Å². The van der Waals surface area contributed by atoms with Gasteiger partial charge in [0.2, 0.25) is 0 Å². The van der Waals surface area contributed by atoms with Crippen LogP contribution in [0.4, 0.5) is 5.69 Å². The van der Waals surface area contributed by atoms with Gasteiger partial charge in [0.05, 0.1) is 25.3 Å². The molecule has 0 atom stereocenters. The number of methoxy groups -OCH3 is 2. The van der Waals surface area contributed by atoms with E-state index in [1.807, 2.05) is 19.9 Å². The summed E-state index contributed by atoms with van der Waals surface area (Å²) in [4.78, 5) is 12.4. The zero-order valence-corrected chi connectivity index (χ0v) is 16.8. The number of nitrogens with zero attached hydrogens (tertiary/aromatic N) is 1. The highest BCUT2D eigenvalue weighted by molar-refractivity contribution is 6.32. The molecule has 2 rings (SSSR count). The molecule has 146 valence electrons. The van der Waals surface area contributed by atoms with Crippen molar-refractivity contribution in [3.63, 3.8) is 0 Å². The van der Waals surface area contributed by atoms with Gasteiger partial charge in [-0.1, -0.05) is 11.6 Å². The Labute approximate surface area is 169 Å². The molecule has 0 aromatic heterocycles. The van der Waals surface area contributed by atoms with E-state index >= 15 is 0 Å². The normalized spacial score (nSPS) is 11.0. The Morgan fingerprint density at radius 1 is 1.18 bits per heavy atom. The summed E-state index contributed by atoms with van der Waals surface area (Å²) in [5, 5.41) is 12.4. The van der Waals surface area contributed by atoms with Gasteiger partial charge in [0, 0.05) is 5.69 Å². The van der Waals surface area contributed by atoms with E-state index in [-0.39, 0.29) is 11.7 Å². The van der Waals surface area contributed by atoms with Crippen LogP contribution in [0.3, 0.4) is 0 Å². The van der Waals surface area contributed by atoms with Crippen LogP contribution in [0.1, 0.15) is 19.4 Å². The van der Waals surface area contributed by atoms with Crippen LogP contribution in [0.25, 0.3) is 6.08 Å². The summed E-state index contributed by atoms with van der Waals surface area (Å²) in [5.74, 6) is 0.961. The van der Waals surface area contributed by atoms with Crippen molar-refractivity contribution in [2.45, 2.75) is 20.0 Å². The number of carbonyl (C=O) groups excluding carboxylic acids is 1. The summed E-state index contributed by atoms with van der Waals surface area (Å²) in [6, 6.07) is 12.0. The summed E-state index contributed by atoms with van der Waals surface area (Å²) in [5.41, 5.74) is 1.01. The predicted molar refractivity (Wildman–Crippen MR) is 109 cm³/mol. The minimum Gasteiger partial charge on any atom is -0.497 e. The van der Waals surface area contributed by atoms with Crippen LogP contribution in [-0.2, 0) is 4.79 Å². The highest BCUT2D eigenvalue weighted by Gasteiger charge is 2.15. The number of ether oxygens (including phenoxy) is 3. The molecule has 0 radical (unpaired) electrons. The van der Waals surface area contributed by atoms with Gasteiger partial charge in [0.1, 0.15) is 17.4 Å². The first-order chi connectivity index (χ1) is 13.4. The van der Waals surface area contributed by atoms with E-state index in [0.717, 1.165) is 0 Å². The lowest BCUT2D eigenvalue weighted by atomic mass is 10.1. The van der Waals surface area contributed by atoms with Gasteiger partial charge in [-0.15, -0.1) is 0 Å². The van der Waals surface area contributed by atoms with E-state index < -0.39 is 5.91 Å². The number of amides is 1. The third-order valence-electron chi connectivity index (χ3n) is 3.63. The Morgan fingerprint density at radius 2 is 1.86 bits per heavy atom. The lowest BCUT2D eigenvalue weighted by molar-refractivity contribution is -0.112. The minimum atomic E-state index is -0.537. The van der Waals surface area contributed by atoms with E-state index in [9.17, 15) is 10.1 Å². The van der Waals surface area contributed by atoms with E-state index in [0.29, 0.717) is 33.5 Å². The van der Waals surface area contributed by atoms with Crippen molar-refractivity contribution in [2.24, 2.45) is 0 Å². The summed E-state index contributed by atoms with van der Waals surface area (Å²) < 4.78 is 16.1. The first-order valence-electron chi connectivity index (χ1n) is 8.49. The Morgan fingerprint density at radius 3 is 2.39 bits per heavy atom. The molecule has 0 aliphatic carbocycles. The predicted octanol–water partition coefficient (Wildman–Crippen LogP) is 4.69. The topological polar surface area (TPSA) is 80.6 Å². The molecule has 0 unspecified atom stereocenters. The van der Waals surface area contributed by atoms with Crippen molar-refractivity contribution >= 4 is 29.3 Å². The van der Waals surface area contributed by atoms with Crippen molar-refractivity contribution < 1.29 is 19.0 Å². The molecule has 0 aliphatic heterocycles. The first-order valence-corrected chi connectivity index (χ1v) is 8.87. The summed E-state index contributed by atoms with van der Waals surface area (Å²) in [7, 11) is 3.05. The van der Waals surface area contributed by atoms with Gasteiger partial charge in [-0.2, -0.15) is 5.26 Å². The van der Waals surface area contributed by atoms with Crippen LogP contribution in [0.5, 0.6) is 17.2 Å². The van der Waals surface area contributed by atoms with Crippen LogP contribution in [0, 0.1) is 11.3 Å². The number of nitriles is 1. The largest absolute Gasteiger partial charge is 0.497 e. The maximum Gasteiger partial charge on any atom is 0.266 e. The van der Waals surface area contributed by atoms with Crippen LogP contribution in [0.15, 0.2) is 42.0 Å². The lowest BCUT2D eigenvalue weighted by Gasteiger charge is -2.15. The molecule has 28 heavy (non-hydrogen) atoms. The molecular weight excluding hydrogens is 380 g/mol. The Hall–Kier alpha value is -3.17. The number of halogens is 1. The minimum absolute atomic E-state index is 0.0773. The third kappa shape index (κ3) is 5.41. The Bertz CT molecular complexity index is 915. The number of hydrogen-bond donors (Lipinski definition) is 1. The Balaban J connectivity index is 2.28. The smallest absolute Gasteiger partial charge is 0.266 e. The lowest BCUT2D eigenvalue weighted by Crippen LogP contribution is -2.13. The molecule has 0 aliphatic rings. The quantitative estimate of drug-likeness (QED) is 0.538. The molecule has 0 heterocycles. The number of rotatable bonds is 7. The number of nitrogens with one attached hydrogen (secondary N) is 1. The average molecular weight is 401 g/mol. The zero-order chi connectivity index (χ0) is 20.7. The van der Waals surface area contributed by atoms with Crippen molar-refractivity contribution in [1.82, 2.24) is 0 Å². The second-order valence-corrected chi connectivity index (χ2v) is 6.46. The van der Waals surface area contributed by atoms with Gasteiger partial charge in [0.25, 0.3) is 5.91 Å². The highest BCUT2D eigenvalue weighted by atomic mass is 35.5. The third-order valence-corrected chi connectivity index (χ3v) is 3.91. The summed E-state index contributed by atoms with van der Waals surface area (Å²) in [6.07, 6.45) is 1.35. The number of carbonyl (C=O) groups is 1. The van der Waals surface area contributed by atoms with Crippen molar-refractivity contribution in [2.75, 3.05) is 19.5 Å². The van der Waals surface area contributed by atoms with Crippen LogP contribution in [0.2, 0.25) is 5.02 Å². The second kappa shape index (κ2) is 9.67. The van der Waals surface area contributed by atoms with Gasteiger partial charge in [-0.3, -0.25) is 4.79 Å². The SMILES string of the molecule is COc1ccc(NC(=O)C(C#N)=Cc2cc(Cl)c(OC(C)C)c(OC)c2)cc1. The van der Waals surface area contributed by atoms with Gasteiger partial charge in [-0.25, -0.2) is 0 Å².